The number of nitrogens with zero attached hydrogens (tertiary/aromatic N) is 5. The molecule has 0 saturated heterocycles. The number of aliphatic hydroxyl groups is 1. The second-order valence-corrected chi connectivity index (χ2v) is 9.22. The molecule has 0 saturated carbocycles. The smallest absolute Gasteiger partial charge is 0.259 e. The first-order valence-electron chi connectivity index (χ1n) is 12.0. The zero-order chi connectivity index (χ0) is 25.5. The first kappa shape index (κ1) is 25.3. The average molecular weight is 486 g/mol. The number of amides is 1. The van der Waals surface area contributed by atoms with E-state index in [0.717, 1.165) is 12.1 Å². The summed E-state index contributed by atoms with van der Waals surface area (Å²) in [7, 11) is 2.03. The Morgan fingerprint density at radius 1 is 1.19 bits per heavy atom. The van der Waals surface area contributed by atoms with Gasteiger partial charge in [0.05, 0.1) is 12.6 Å². The zero-order valence-electron chi connectivity index (χ0n) is 20.8. The molecule has 186 valence electrons. The molecule has 0 unspecified atom stereocenters. The lowest BCUT2D eigenvalue weighted by atomic mass is 9.99. The fraction of sp³-hybridized carbons (Fsp3) is 0.357. The van der Waals surface area contributed by atoms with Gasteiger partial charge in [0.2, 0.25) is 5.88 Å². The normalized spacial score (nSPS) is 18.4. The van der Waals surface area contributed by atoms with E-state index in [4.69, 9.17) is 4.74 Å². The first-order chi connectivity index (χ1) is 17.4. The summed E-state index contributed by atoms with van der Waals surface area (Å²) in [5.74, 6) is 6.11. The maximum absolute atomic E-state index is 13.5. The van der Waals surface area contributed by atoms with Gasteiger partial charge in [-0.1, -0.05) is 25.0 Å². The SMILES string of the molecule is C[C@H](CO)N1C[C@H](C)[C@@H](CN(C)Cc2cccnc2)Oc2ncc(C#Cc3ccccn3)cc2C1=O. The summed E-state index contributed by atoms with van der Waals surface area (Å²) in [6.45, 7) is 5.58. The molecule has 4 rings (SSSR count). The number of hydrogen-bond acceptors (Lipinski definition) is 7. The van der Waals surface area contributed by atoms with Gasteiger partial charge < -0.3 is 14.7 Å². The van der Waals surface area contributed by atoms with E-state index in [9.17, 15) is 9.90 Å². The summed E-state index contributed by atoms with van der Waals surface area (Å²) >= 11 is 0. The van der Waals surface area contributed by atoms with Crippen molar-refractivity contribution >= 4 is 5.91 Å². The minimum Gasteiger partial charge on any atom is -0.472 e. The zero-order valence-corrected chi connectivity index (χ0v) is 20.8. The van der Waals surface area contributed by atoms with E-state index in [2.05, 4.69) is 38.6 Å². The molecule has 0 aromatic carbocycles. The Labute approximate surface area is 212 Å². The van der Waals surface area contributed by atoms with Crippen molar-refractivity contribution in [2.75, 3.05) is 26.7 Å². The van der Waals surface area contributed by atoms with Crippen molar-refractivity contribution in [2.24, 2.45) is 5.92 Å². The van der Waals surface area contributed by atoms with Crippen LogP contribution < -0.4 is 4.74 Å². The molecule has 3 atom stereocenters. The van der Waals surface area contributed by atoms with Gasteiger partial charge in [0.25, 0.3) is 5.91 Å². The number of fused-ring (bicyclic) bond motifs is 1. The summed E-state index contributed by atoms with van der Waals surface area (Å²) in [6, 6.07) is 10.9. The summed E-state index contributed by atoms with van der Waals surface area (Å²) in [4.78, 5) is 30.3. The molecule has 1 aliphatic rings. The van der Waals surface area contributed by atoms with E-state index < -0.39 is 0 Å². The Morgan fingerprint density at radius 2 is 2.06 bits per heavy atom. The van der Waals surface area contributed by atoms with Crippen LogP contribution in [0.2, 0.25) is 0 Å². The number of carbonyl (C=O) groups excluding carboxylic acids is 1. The lowest BCUT2D eigenvalue weighted by molar-refractivity contribution is 0.0325. The molecule has 0 spiro atoms. The first-order valence-corrected chi connectivity index (χ1v) is 12.0. The van der Waals surface area contributed by atoms with Crippen LogP contribution in [0, 0.1) is 17.8 Å². The van der Waals surface area contributed by atoms with Crippen LogP contribution in [0.1, 0.15) is 41.0 Å². The molecule has 1 N–H and O–H groups in total. The maximum atomic E-state index is 13.5. The van der Waals surface area contributed by atoms with Crippen molar-refractivity contribution in [1.29, 1.82) is 0 Å². The van der Waals surface area contributed by atoms with Gasteiger partial charge in [-0.3, -0.25) is 14.7 Å². The molecule has 1 amide bonds. The molecule has 0 bridgehead atoms. The maximum Gasteiger partial charge on any atom is 0.259 e. The van der Waals surface area contributed by atoms with Crippen LogP contribution in [-0.4, -0.2) is 74.7 Å². The molecule has 0 radical (unpaired) electrons. The fourth-order valence-corrected chi connectivity index (χ4v) is 4.14. The molecular formula is C28H31N5O3. The second-order valence-electron chi connectivity index (χ2n) is 9.22. The third kappa shape index (κ3) is 6.25. The molecule has 4 heterocycles. The van der Waals surface area contributed by atoms with Gasteiger partial charge in [0, 0.05) is 55.9 Å². The van der Waals surface area contributed by atoms with Crippen molar-refractivity contribution in [3.05, 3.63) is 83.6 Å². The monoisotopic (exact) mass is 485 g/mol. The van der Waals surface area contributed by atoms with E-state index in [-0.39, 0.29) is 36.5 Å². The van der Waals surface area contributed by atoms with E-state index in [1.165, 1.54) is 0 Å². The lowest BCUT2D eigenvalue weighted by Crippen LogP contribution is -2.49. The van der Waals surface area contributed by atoms with Crippen LogP contribution in [0.25, 0.3) is 0 Å². The molecule has 0 fully saturated rings. The molecule has 36 heavy (non-hydrogen) atoms. The molecule has 3 aromatic heterocycles. The minimum atomic E-state index is -0.345. The van der Waals surface area contributed by atoms with Gasteiger partial charge in [-0.2, -0.15) is 0 Å². The third-order valence-electron chi connectivity index (χ3n) is 6.19. The van der Waals surface area contributed by atoms with Gasteiger partial charge in [-0.15, -0.1) is 0 Å². The van der Waals surface area contributed by atoms with E-state index in [0.29, 0.717) is 29.9 Å². The number of ether oxygens (including phenoxy) is 1. The predicted octanol–water partition coefficient (Wildman–Crippen LogP) is 2.62. The molecule has 0 aliphatic carbocycles. The summed E-state index contributed by atoms with van der Waals surface area (Å²) in [5, 5.41) is 9.86. The Balaban J connectivity index is 1.63. The average Bonchev–Trinajstić information content (AvgIpc) is 2.90. The number of hydrogen-bond donors (Lipinski definition) is 1. The van der Waals surface area contributed by atoms with Crippen LogP contribution in [0.15, 0.2) is 61.2 Å². The van der Waals surface area contributed by atoms with Gasteiger partial charge >= 0.3 is 0 Å². The van der Waals surface area contributed by atoms with Crippen molar-refractivity contribution in [3.63, 3.8) is 0 Å². The Morgan fingerprint density at radius 3 is 2.78 bits per heavy atom. The third-order valence-corrected chi connectivity index (χ3v) is 6.19. The molecule has 8 heteroatoms. The van der Waals surface area contributed by atoms with Gasteiger partial charge in [0.1, 0.15) is 17.4 Å². The standard InChI is InChI=1S/C28H31N5O3/c1-20-16-33(21(2)19-34)28(35)25-13-22(9-10-24-8-4-5-12-30-24)15-31-27(25)36-26(20)18-32(3)17-23-7-6-11-29-14-23/h4-8,11-15,20-21,26,34H,16-19H2,1-3H3/t20-,21+,26+/m0/s1. The molecule has 1 aliphatic heterocycles. The van der Waals surface area contributed by atoms with E-state index in [1.54, 1.807) is 29.6 Å². The number of aromatic nitrogens is 3. The predicted molar refractivity (Wildman–Crippen MR) is 136 cm³/mol. The number of rotatable bonds is 6. The van der Waals surface area contributed by atoms with Crippen LogP contribution >= 0.6 is 0 Å². The quantitative estimate of drug-likeness (QED) is 0.537. The highest BCUT2D eigenvalue weighted by atomic mass is 16.5. The Hall–Kier alpha value is -3.80. The highest BCUT2D eigenvalue weighted by molar-refractivity contribution is 5.97. The van der Waals surface area contributed by atoms with E-state index in [1.807, 2.05) is 50.5 Å². The van der Waals surface area contributed by atoms with Crippen molar-refractivity contribution < 1.29 is 14.6 Å². The summed E-state index contributed by atoms with van der Waals surface area (Å²) < 4.78 is 6.37. The van der Waals surface area contributed by atoms with Gasteiger partial charge in [-0.25, -0.2) is 9.97 Å². The molecular weight excluding hydrogens is 454 g/mol. The van der Waals surface area contributed by atoms with Crippen molar-refractivity contribution in [3.8, 4) is 17.7 Å². The number of aliphatic hydroxyl groups excluding tert-OH is 1. The van der Waals surface area contributed by atoms with Crippen LogP contribution in [0.5, 0.6) is 5.88 Å². The minimum absolute atomic E-state index is 0.0119. The number of pyridine rings is 3. The Kier molecular flexibility index (Phi) is 8.26. The van der Waals surface area contributed by atoms with E-state index >= 15 is 0 Å². The second kappa shape index (κ2) is 11.8. The lowest BCUT2D eigenvalue weighted by Gasteiger charge is -2.37. The van der Waals surface area contributed by atoms with Gasteiger partial charge in [-0.05, 0) is 49.7 Å². The number of carbonyl (C=O) groups is 1. The van der Waals surface area contributed by atoms with Crippen LogP contribution in [0.4, 0.5) is 0 Å². The molecule has 3 aromatic rings. The van der Waals surface area contributed by atoms with Crippen LogP contribution in [0.3, 0.4) is 0 Å². The summed E-state index contributed by atoms with van der Waals surface area (Å²) in [5.41, 5.74) is 2.67. The van der Waals surface area contributed by atoms with Crippen LogP contribution in [-0.2, 0) is 6.54 Å². The van der Waals surface area contributed by atoms with Crippen molar-refractivity contribution in [2.45, 2.75) is 32.5 Å². The highest BCUT2D eigenvalue weighted by Crippen LogP contribution is 2.27. The highest BCUT2D eigenvalue weighted by Gasteiger charge is 2.34. The largest absolute Gasteiger partial charge is 0.472 e. The molecule has 8 nitrogen and oxygen atoms in total. The Bertz CT molecular complexity index is 1230. The fourth-order valence-electron chi connectivity index (χ4n) is 4.14. The van der Waals surface area contributed by atoms with Crippen molar-refractivity contribution in [1.82, 2.24) is 24.8 Å². The topological polar surface area (TPSA) is 91.7 Å². The summed E-state index contributed by atoms with van der Waals surface area (Å²) in [6.07, 6.45) is 6.69. The van der Waals surface area contributed by atoms with Gasteiger partial charge in [0.15, 0.2) is 0 Å². The number of likely N-dealkylation sites (N-methyl/N-ethyl adjacent to an activating group) is 1.